The predicted octanol–water partition coefficient (Wildman–Crippen LogP) is 2.77. The van der Waals surface area contributed by atoms with Crippen LogP contribution in [0.2, 0.25) is 0 Å². The molecule has 2 rings (SSSR count). The number of amides is 2. The number of sulfone groups is 1. The van der Waals surface area contributed by atoms with E-state index in [1.807, 2.05) is 12.2 Å². The number of carbonyl (C=O) groups is 2. The number of hydrogen-bond acceptors (Lipinski definition) is 4. The van der Waals surface area contributed by atoms with E-state index in [0.29, 0.717) is 6.07 Å². The van der Waals surface area contributed by atoms with Crippen molar-refractivity contribution in [3.05, 3.63) is 41.5 Å². The maximum Gasteiger partial charge on any atom is 0.416 e. The van der Waals surface area contributed by atoms with Crippen molar-refractivity contribution in [2.45, 2.75) is 25.4 Å². The molecule has 0 saturated carbocycles. The lowest BCUT2D eigenvalue weighted by Crippen LogP contribution is -2.29. The number of benzene rings is 1. The fourth-order valence-corrected chi connectivity index (χ4v) is 3.23. The number of alkyl halides is 3. The van der Waals surface area contributed by atoms with Gasteiger partial charge in [-0.3, -0.25) is 9.59 Å². The second-order valence-corrected chi connectivity index (χ2v) is 8.96. The second-order valence-electron chi connectivity index (χ2n) is 6.70. The van der Waals surface area contributed by atoms with E-state index in [-0.39, 0.29) is 35.9 Å². The van der Waals surface area contributed by atoms with Crippen LogP contribution in [-0.2, 0) is 20.8 Å². The Labute approximate surface area is 161 Å². The van der Waals surface area contributed by atoms with Crippen LogP contribution in [0.3, 0.4) is 0 Å². The zero-order valence-corrected chi connectivity index (χ0v) is 16.0. The van der Waals surface area contributed by atoms with Gasteiger partial charge in [-0.15, -0.1) is 0 Å². The maximum absolute atomic E-state index is 13.2. The highest BCUT2D eigenvalue weighted by molar-refractivity contribution is 7.90. The molecule has 1 aliphatic rings. The molecule has 0 saturated heterocycles. The topological polar surface area (TPSA) is 92.3 Å². The molecule has 154 valence electrons. The molecule has 2 amide bonds. The van der Waals surface area contributed by atoms with Gasteiger partial charge in [0.1, 0.15) is 9.84 Å². The number of allylic oxidation sites excluding steroid dienone is 2. The van der Waals surface area contributed by atoms with Crippen LogP contribution in [0.1, 0.15) is 35.2 Å². The Balaban J connectivity index is 2.15. The largest absolute Gasteiger partial charge is 0.416 e. The lowest BCUT2D eigenvalue weighted by atomic mass is 10.0. The van der Waals surface area contributed by atoms with Gasteiger partial charge in [0.25, 0.3) is 5.91 Å². The van der Waals surface area contributed by atoms with Crippen LogP contribution in [0.4, 0.5) is 18.9 Å². The van der Waals surface area contributed by atoms with Crippen molar-refractivity contribution in [3.63, 3.8) is 0 Å². The monoisotopic (exact) mass is 418 g/mol. The molecule has 1 atom stereocenters. The zero-order valence-electron chi connectivity index (χ0n) is 15.2. The predicted molar refractivity (Wildman–Crippen MR) is 98.6 cm³/mol. The van der Waals surface area contributed by atoms with E-state index in [2.05, 4.69) is 10.6 Å². The third kappa shape index (κ3) is 6.99. The number of anilines is 1. The van der Waals surface area contributed by atoms with Crippen LogP contribution in [0.15, 0.2) is 30.4 Å². The summed E-state index contributed by atoms with van der Waals surface area (Å²) >= 11 is 0. The number of carbonyl (C=O) groups excluding carboxylic acids is 2. The number of rotatable bonds is 7. The van der Waals surface area contributed by atoms with E-state index in [4.69, 9.17) is 0 Å². The van der Waals surface area contributed by atoms with Crippen molar-refractivity contribution in [1.82, 2.24) is 5.32 Å². The first-order valence-corrected chi connectivity index (χ1v) is 10.6. The molecule has 0 fully saturated rings. The van der Waals surface area contributed by atoms with Crippen LogP contribution in [0.25, 0.3) is 0 Å². The van der Waals surface area contributed by atoms with Gasteiger partial charge in [0.15, 0.2) is 0 Å². The Hall–Kier alpha value is -2.36. The number of halogens is 3. The fraction of sp³-hybridized carbons (Fsp3) is 0.444. The lowest BCUT2D eigenvalue weighted by molar-refractivity contribution is -0.137. The molecular formula is C18H21F3N2O4S. The highest BCUT2D eigenvalue weighted by Gasteiger charge is 2.32. The molecule has 2 N–H and O–H groups in total. The van der Waals surface area contributed by atoms with Gasteiger partial charge in [0.05, 0.1) is 11.3 Å². The molecule has 1 unspecified atom stereocenters. The summed E-state index contributed by atoms with van der Waals surface area (Å²) in [4.78, 5) is 24.2. The highest BCUT2D eigenvalue weighted by Crippen LogP contribution is 2.32. The van der Waals surface area contributed by atoms with Crippen molar-refractivity contribution in [2.24, 2.45) is 5.92 Å². The molecule has 1 aliphatic carbocycles. The van der Waals surface area contributed by atoms with Crippen LogP contribution < -0.4 is 10.6 Å². The molecule has 0 radical (unpaired) electrons. The van der Waals surface area contributed by atoms with Gasteiger partial charge in [-0.2, -0.15) is 13.2 Å². The minimum atomic E-state index is -4.71. The summed E-state index contributed by atoms with van der Waals surface area (Å²) in [6, 6.07) is 2.55. The molecule has 1 aromatic rings. The van der Waals surface area contributed by atoms with Crippen LogP contribution in [-0.4, -0.2) is 38.8 Å². The van der Waals surface area contributed by atoms with E-state index >= 15 is 0 Å². The van der Waals surface area contributed by atoms with E-state index in [1.54, 1.807) is 0 Å². The number of nitrogens with one attached hydrogen (secondary N) is 2. The minimum absolute atomic E-state index is 0.0459. The van der Waals surface area contributed by atoms with Gasteiger partial charge < -0.3 is 10.6 Å². The Morgan fingerprint density at radius 2 is 1.93 bits per heavy atom. The summed E-state index contributed by atoms with van der Waals surface area (Å²) in [6.45, 7) is -0.233. The van der Waals surface area contributed by atoms with Crippen LogP contribution in [0, 0.1) is 5.92 Å². The molecule has 0 spiro atoms. The first-order chi connectivity index (χ1) is 12.9. The van der Waals surface area contributed by atoms with E-state index < -0.39 is 33.4 Å². The summed E-state index contributed by atoms with van der Waals surface area (Å²) in [5.41, 5.74) is -1.55. The standard InChI is InChI=1S/C18H21F3N2O4S/c1-28(26,27)7-6-22-17(25)13-9-14(18(19,20)21)11-15(10-13)23-16(24)8-12-4-2-3-5-12/h2,4,9-12H,3,5-8H2,1H3,(H,22,25)(H,23,24). The van der Waals surface area contributed by atoms with E-state index in [0.717, 1.165) is 31.2 Å². The Morgan fingerprint density at radius 3 is 2.50 bits per heavy atom. The Morgan fingerprint density at radius 1 is 1.21 bits per heavy atom. The Bertz CT molecular complexity index is 879. The van der Waals surface area contributed by atoms with Gasteiger partial charge in [0, 0.05) is 30.5 Å². The first-order valence-electron chi connectivity index (χ1n) is 8.59. The van der Waals surface area contributed by atoms with Crippen LogP contribution >= 0.6 is 0 Å². The first kappa shape index (κ1) is 21.9. The van der Waals surface area contributed by atoms with Gasteiger partial charge in [0.2, 0.25) is 5.91 Å². The third-order valence-electron chi connectivity index (χ3n) is 4.12. The Kier molecular flexibility index (Phi) is 6.87. The van der Waals surface area contributed by atoms with Crippen molar-refractivity contribution in [3.8, 4) is 0 Å². The summed E-state index contributed by atoms with van der Waals surface area (Å²) in [6.07, 6.45) is 1.92. The highest BCUT2D eigenvalue weighted by atomic mass is 32.2. The van der Waals surface area contributed by atoms with Crippen molar-refractivity contribution < 1.29 is 31.2 Å². The lowest BCUT2D eigenvalue weighted by Gasteiger charge is -2.14. The normalized spacial score (nSPS) is 16.8. The number of hydrogen-bond donors (Lipinski definition) is 2. The molecule has 6 nitrogen and oxygen atoms in total. The van der Waals surface area contributed by atoms with Gasteiger partial charge in [-0.1, -0.05) is 12.2 Å². The van der Waals surface area contributed by atoms with E-state index in [1.165, 1.54) is 0 Å². The molecule has 0 heterocycles. The summed E-state index contributed by atoms with van der Waals surface area (Å²) in [5.74, 6) is -1.59. The SMILES string of the molecule is CS(=O)(=O)CCNC(=O)c1cc(NC(=O)CC2C=CCC2)cc(C(F)(F)F)c1. The maximum atomic E-state index is 13.2. The average molecular weight is 418 g/mol. The molecule has 0 aromatic heterocycles. The summed E-state index contributed by atoms with van der Waals surface area (Å²) in [7, 11) is -3.33. The smallest absolute Gasteiger partial charge is 0.351 e. The van der Waals surface area contributed by atoms with Crippen molar-refractivity contribution in [2.75, 3.05) is 23.9 Å². The summed E-state index contributed by atoms with van der Waals surface area (Å²) in [5, 5.41) is 4.67. The molecule has 1 aromatic carbocycles. The van der Waals surface area contributed by atoms with Gasteiger partial charge in [-0.25, -0.2) is 8.42 Å². The quantitative estimate of drug-likeness (QED) is 0.666. The van der Waals surface area contributed by atoms with Crippen LogP contribution in [0.5, 0.6) is 0 Å². The van der Waals surface area contributed by atoms with Gasteiger partial charge in [-0.05, 0) is 37.0 Å². The molecule has 0 aliphatic heterocycles. The van der Waals surface area contributed by atoms with Crippen molar-refractivity contribution >= 4 is 27.3 Å². The molecule has 10 heteroatoms. The summed E-state index contributed by atoms with van der Waals surface area (Å²) < 4.78 is 61.7. The zero-order chi connectivity index (χ0) is 20.9. The molecule has 0 bridgehead atoms. The molecule has 28 heavy (non-hydrogen) atoms. The van der Waals surface area contributed by atoms with Gasteiger partial charge >= 0.3 is 6.18 Å². The second kappa shape index (κ2) is 8.76. The average Bonchev–Trinajstić information content (AvgIpc) is 3.05. The van der Waals surface area contributed by atoms with E-state index in [9.17, 15) is 31.2 Å². The third-order valence-corrected chi connectivity index (χ3v) is 5.07. The minimum Gasteiger partial charge on any atom is -0.351 e. The fourth-order valence-electron chi connectivity index (χ4n) is 2.76. The van der Waals surface area contributed by atoms with Crippen molar-refractivity contribution in [1.29, 1.82) is 0 Å². The molecular weight excluding hydrogens is 397 g/mol.